The first-order valence-corrected chi connectivity index (χ1v) is 16.4. The molecule has 5 nitrogen and oxygen atoms in total. The second kappa shape index (κ2) is 12.1. The lowest BCUT2D eigenvalue weighted by Gasteiger charge is -2.32. The number of anilines is 1. The molecule has 2 atom stereocenters. The Bertz CT molecular complexity index is 1800. The highest BCUT2D eigenvalue weighted by molar-refractivity contribution is 7.88. The summed E-state index contributed by atoms with van der Waals surface area (Å²) in [6.45, 7) is 2.05. The number of halogens is 5. The first-order valence-electron chi connectivity index (χ1n) is 14.8. The molecule has 0 radical (unpaired) electrons. The minimum absolute atomic E-state index is 0.0625. The van der Waals surface area contributed by atoms with Gasteiger partial charge in [0.05, 0.1) is 22.7 Å². The molecule has 0 spiro atoms. The Labute approximate surface area is 259 Å². The standard InChI is InChI=1S/C34H32F5N3O2S/c1-22-29-19-40-42(28-14-12-27(35)13-15-28)32(29)18-24-10-11-25(33(22)24)20-41(17-16-23-6-3-5-9-31(23)36)45(43,44)21-26-7-2-4-8-30(26)34(37,38)39/h2-9,12-15,18-19,22,25,40H,10-11,16-17,20-21H2,1H3/t22-,25+/m0/s1. The summed E-state index contributed by atoms with van der Waals surface area (Å²) in [7, 11) is -4.24. The van der Waals surface area contributed by atoms with Gasteiger partial charge >= 0.3 is 6.18 Å². The van der Waals surface area contributed by atoms with E-state index < -0.39 is 33.3 Å². The van der Waals surface area contributed by atoms with Crippen molar-refractivity contribution in [3.8, 4) is 0 Å². The van der Waals surface area contributed by atoms with Crippen molar-refractivity contribution in [1.29, 1.82) is 0 Å². The van der Waals surface area contributed by atoms with Crippen molar-refractivity contribution < 1.29 is 30.4 Å². The van der Waals surface area contributed by atoms with Crippen molar-refractivity contribution >= 4 is 15.7 Å². The van der Waals surface area contributed by atoms with E-state index in [-0.39, 0.29) is 42.7 Å². The fraction of sp³-hybridized carbons (Fsp3) is 0.294. The predicted molar refractivity (Wildman–Crippen MR) is 163 cm³/mol. The number of hydrogen-bond acceptors (Lipinski definition) is 4. The van der Waals surface area contributed by atoms with Crippen LogP contribution in [-0.2, 0) is 28.4 Å². The van der Waals surface area contributed by atoms with E-state index in [0.29, 0.717) is 18.4 Å². The van der Waals surface area contributed by atoms with Gasteiger partial charge < -0.3 is 5.43 Å². The summed E-state index contributed by atoms with van der Waals surface area (Å²) in [5.41, 5.74) is 7.15. The normalized spacial score (nSPS) is 19.8. The fourth-order valence-corrected chi connectivity index (χ4v) is 8.26. The molecule has 0 bridgehead atoms. The van der Waals surface area contributed by atoms with E-state index in [0.717, 1.165) is 34.2 Å². The largest absolute Gasteiger partial charge is 0.416 e. The molecule has 0 fully saturated rings. The second-order valence-corrected chi connectivity index (χ2v) is 13.6. The van der Waals surface area contributed by atoms with Crippen LogP contribution in [0.3, 0.4) is 0 Å². The van der Waals surface area contributed by atoms with Gasteiger partial charge in [0.2, 0.25) is 10.0 Å². The average Bonchev–Trinajstić information content (AvgIpc) is 3.61. The number of benzene rings is 3. The van der Waals surface area contributed by atoms with E-state index >= 15 is 0 Å². The smallest absolute Gasteiger partial charge is 0.301 e. The SMILES string of the molecule is C[C@H]1C2=CNN(c3ccc(F)cc3)C2=CC2=C1[C@@H](CN(CCc1ccccc1F)S(=O)(=O)Cc1ccccc1C(F)(F)F)CC2. The topological polar surface area (TPSA) is 52.6 Å². The third-order valence-corrected chi connectivity index (χ3v) is 10.6. The quantitative estimate of drug-likeness (QED) is 0.246. The average molecular weight is 642 g/mol. The van der Waals surface area contributed by atoms with Gasteiger partial charge in [-0.3, -0.25) is 5.01 Å². The number of sulfonamides is 1. The van der Waals surface area contributed by atoms with Crippen LogP contribution in [0.25, 0.3) is 0 Å². The fourth-order valence-electron chi connectivity index (χ4n) is 6.65. The van der Waals surface area contributed by atoms with Crippen molar-refractivity contribution in [3.05, 3.63) is 136 Å². The van der Waals surface area contributed by atoms with Gasteiger partial charge in [-0.15, -0.1) is 0 Å². The van der Waals surface area contributed by atoms with Crippen LogP contribution in [0, 0.1) is 23.5 Å². The van der Waals surface area contributed by atoms with Gasteiger partial charge in [-0.05, 0) is 84.4 Å². The van der Waals surface area contributed by atoms with Gasteiger partial charge in [0.15, 0.2) is 0 Å². The lowest BCUT2D eigenvalue weighted by molar-refractivity contribution is -0.138. The molecule has 3 aromatic rings. The minimum Gasteiger partial charge on any atom is -0.301 e. The van der Waals surface area contributed by atoms with Crippen LogP contribution in [0.1, 0.15) is 36.5 Å². The van der Waals surface area contributed by atoms with Gasteiger partial charge in [0, 0.05) is 30.8 Å². The van der Waals surface area contributed by atoms with Crippen LogP contribution < -0.4 is 10.4 Å². The Morgan fingerprint density at radius 3 is 2.36 bits per heavy atom. The molecular formula is C34H32F5N3O2S. The molecule has 1 heterocycles. The Morgan fingerprint density at radius 1 is 0.956 bits per heavy atom. The molecule has 2 aliphatic carbocycles. The number of rotatable bonds is 9. The number of hydrogen-bond donors (Lipinski definition) is 1. The zero-order valence-electron chi connectivity index (χ0n) is 24.5. The predicted octanol–water partition coefficient (Wildman–Crippen LogP) is 7.51. The van der Waals surface area contributed by atoms with Crippen molar-refractivity contribution in [2.45, 2.75) is 38.1 Å². The minimum atomic E-state index is -4.71. The van der Waals surface area contributed by atoms with Gasteiger partial charge in [0.25, 0.3) is 0 Å². The molecule has 1 aliphatic heterocycles. The van der Waals surface area contributed by atoms with E-state index in [4.69, 9.17) is 0 Å². The summed E-state index contributed by atoms with van der Waals surface area (Å²) in [4.78, 5) is 0. The van der Waals surface area contributed by atoms with Crippen LogP contribution in [0.5, 0.6) is 0 Å². The Hall–Kier alpha value is -3.96. The monoisotopic (exact) mass is 641 g/mol. The first-order chi connectivity index (χ1) is 21.4. The third-order valence-electron chi connectivity index (χ3n) is 8.85. The van der Waals surface area contributed by atoms with E-state index in [9.17, 15) is 30.4 Å². The maximum atomic E-state index is 14.5. The molecule has 45 heavy (non-hydrogen) atoms. The number of nitrogens with one attached hydrogen (secondary N) is 1. The molecule has 3 aromatic carbocycles. The number of alkyl halides is 3. The molecule has 0 unspecified atom stereocenters. The molecule has 236 valence electrons. The van der Waals surface area contributed by atoms with E-state index in [2.05, 4.69) is 18.4 Å². The van der Waals surface area contributed by atoms with Crippen LogP contribution in [-0.4, -0.2) is 25.8 Å². The highest BCUT2D eigenvalue weighted by atomic mass is 32.2. The van der Waals surface area contributed by atoms with Gasteiger partial charge in [0.1, 0.15) is 11.6 Å². The first kappa shape index (κ1) is 31.0. The van der Waals surface area contributed by atoms with Crippen molar-refractivity contribution in [1.82, 2.24) is 9.73 Å². The maximum absolute atomic E-state index is 14.5. The molecule has 6 rings (SSSR count). The lowest BCUT2D eigenvalue weighted by Crippen LogP contribution is -2.39. The van der Waals surface area contributed by atoms with Crippen LogP contribution >= 0.6 is 0 Å². The molecule has 0 saturated heterocycles. The van der Waals surface area contributed by atoms with Gasteiger partial charge in [-0.1, -0.05) is 48.9 Å². The summed E-state index contributed by atoms with van der Waals surface area (Å²) in [6.07, 6.45) is 0.702. The van der Waals surface area contributed by atoms with Gasteiger partial charge in [-0.25, -0.2) is 21.5 Å². The maximum Gasteiger partial charge on any atom is 0.416 e. The van der Waals surface area contributed by atoms with Crippen molar-refractivity contribution in [2.24, 2.45) is 11.8 Å². The number of allylic oxidation sites excluding steroid dienone is 3. The number of fused-ring (bicyclic) bond motifs is 1. The van der Waals surface area contributed by atoms with Crippen LogP contribution in [0.2, 0.25) is 0 Å². The Morgan fingerprint density at radius 2 is 1.64 bits per heavy atom. The van der Waals surface area contributed by atoms with Crippen molar-refractivity contribution in [2.75, 3.05) is 18.1 Å². The van der Waals surface area contributed by atoms with E-state index in [1.807, 2.05) is 11.2 Å². The van der Waals surface area contributed by atoms with Crippen molar-refractivity contribution in [3.63, 3.8) is 0 Å². The summed E-state index contributed by atoms with van der Waals surface area (Å²) in [5, 5.41) is 1.88. The van der Waals surface area contributed by atoms with E-state index in [1.54, 1.807) is 30.3 Å². The Kier molecular flexibility index (Phi) is 8.34. The van der Waals surface area contributed by atoms with Crippen LogP contribution in [0.15, 0.2) is 107 Å². The molecular weight excluding hydrogens is 609 g/mol. The highest BCUT2D eigenvalue weighted by Gasteiger charge is 2.40. The molecule has 3 aliphatic rings. The summed E-state index contributed by atoms with van der Waals surface area (Å²) < 4.78 is 98.4. The zero-order chi connectivity index (χ0) is 31.9. The summed E-state index contributed by atoms with van der Waals surface area (Å²) >= 11 is 0. The molecule has 1 N–H and O–H groups in total. The zero-order valence-corrected chi connectivity index (χ0v) is 25.3. The Balaban J connectivity index is 1.30. The van der Waals surface area contributed by atoms with Crippen LogP contribution in [0.4, 0.5) is 27.6 Å². The molecule has 0 amide bonds. The molecule has 0 saturated carbocycles. The summed E-state index contributed by atoms with van der Waals surface area (Å²) in [6, 6.07) is 16.9. The number of nitrogens with zero attached hydrogens (tertiary/aromatic N) is 2. The van der Waals surface area contributed by atoms with Gasteiger partial charge in [-0.2, -0.15) is 13.2 Å². The highest BCUT2D eigenvalue weighted by Crippen LogP contribution is 2.48. The second-order valence-electron chi connectivity index (χ2n) is 11.6. The third kappa shape index (κ3) is 6.28. The molecule has 0 aromatic heterocycles. The number of hydrazine groups is 1. The lowest BCUT2D eigenvalue weighted by atomic mass is 9.80. The summed E-state index contributed by atoms with van der Waals surface area (Å²) in [5.74, 6) is -1.86. The molecule has 11 heteroatoms. The van der Waals surface area contributed by atoms with E-state index in [1.165, 1.54) is 40.7 Å².